The van der Waals surface area contributed by atoms with Gasteiger partial charge in [-0.1, -0.05) is 0 Å². The molecule has 8 nitrogen and oxygen atoms in total. The number of hydrogen-bond donors (Lipinski definition) is 3. The smallest absolute Gasteiger partial charge is 0.325 e. The predicted octanol–water partition coefficient (Wildman–Crippen LogP) is 0.267. The highest BCUT2D eigenvalue weighted by Gasteiger charge is 2.25. The number of anilines is 1. The molecule has 2 heterocycles. The minimum atomic E-state index is -0.990. The molecule has 0 aromatic carbocycles. The molecule has 1 fully saturated rings. The van der Waals surface area contributed by atoms with E-state index in [0.717, 1.165) is 6.42 Å². The molecular formula is C11H16N4O4. The third-order valence-corrected chi connectivity index (χ3v) is 2.88. The number of carbonyl (C=O) groups excluding carboxylic acids is 1. The van der Waals surface area contributed by atoms with Gasteiger partial charge in [-0.25, -0.2) is 4.79 Å². The number of rotatable bonds is 4. The fourth-order valence-corrected chi connectivity index (χ4v) is 1.91. The number of hydrogen-bond acceptors (Lipinski definition) is 4. The van der Waals surface area contributed by atoms with Gasteiger partial charge in [0, 0.05) is 12.8 Å². The molecule has 104 valence electrons. The Morgan fingerprint density at radius 1 is 1.63 bits per heavy atom. The molecule has 2 amide bonds. The summed E-state index contributed by atoms with van der Waals surface area (Å²) in [5.41, 5.74) is 0.449. The number of ether oxygens (including phenoxy) is 1. The molecule has 1 aromatic rings. The van der Waals surface area contributed by atoms with Crippen LogP contribution < -0.4 is 10.6 Å². The Hall–Kier alpha value is -2.09. The van der Waals surface area contributed by atoms with Crippen LogP contribution >= 0.6 is 0 Å². The molecule has 8 heteroatoms. The molecule has 2 rings (SSSR count). The lowest BCUT2D eigenvalue weighted by molar-refractivity contribution is -0.137. The number of nitrogens with one attached hydrogen (secondary N) is 2. The van der Waals surface area contributed by atoms with Crippen molar-refractivity contribution in [2.75, 3.05) is 11.9 Å². The van der Waals surface area contributed by atoms with E-state index >= 15 is 0 Å². The molecule has 1 saturated heterocycles. The molecule has 1 aromatic heterocycles. The van der Waals surface area contributed by atoms with Crippen molar-refractivity contribution < 1.29 is 19.4 Å². The second kappa shape index (κ2) is 5.70. The van der Waals surface area contributed by atoms with Crippen LogP contribution in [-0.2, 0) is 16.1 Å². The van der Waals surface area contributed by atoms with Gasteiger partial charge < -0.3 is 20.5 Å². The van der Waals surface area contributed by atoms with E-state index in [0.29, 0.717) is 12.3 Å². The monoisotopic (exact) mass is 268 g/mol. The maximum Gasteiger partial charge on any atom is 0.325 e. The van der Waals surface area contributed by atoms with E-state index in [1.807, 2.05) is 6.92 Å². The van der Waals surface area contributed by atoms with Gasteiger partial charge in [0.25, 0.3) is 0 Å². The van der Waals surface area contributed by atoms with E-state index in [4.69, 9.17) is 9.84 Å². The summed E-state index contributed by atoms with van der Waals surface area (Å²) >= 11 is 0. The fraction of sp³-hybridized carbons (Fsp3) is 0.545. The predicted molar refractivity (Wildman–Crippen MR) is 65.8 cm³/mol. The highest BCUT2D eigenvalue weighted by Crippen LogP contribution is 2.13. The molecule has 0 spiro atoms. The molecular weight excluding hydrogens is 252 g/mol. The average molecular weight is 268 g/mol. The van der Waals surface area contributed by atoms with Crippen LogP contribution in [0.1, 0.15) is 13.3 Å². The van der Waals surface area contributed by atoms with Gasteiger partial charge in [-0.05, 0) is 13.3 Å². The van der Waals surface area contributed by atoms with Crippen LogP contribution in [0.15, 0.2) is 12.4 Å². The number of carbonyl (C=O) groups is 2. The summed E-state index contributed by atoms with van der Waals surface area (Å²) in [6.45, 7) is 2.31. The van der Waals surface area contributed by atoms with Crippen molar-refractivity contribution in [1.82, 2.24) is 15.1 Å². The van der Waals surface area contributed by atoms with Crippen LogP contribution in [0.2, 0.25) is 0 Å². The van der Waals surface area contributed by atoms with Gasteiger partial charge in [-0.3, -0.25) is 9.48 Å². The molecule has 2 unspecified atom stereocenters. The first-order valence-corrected chi connectivity index (χ1v) is 5.98. The average Bonchev–Trinajstić information content (AvgIpc) is 2.89. The van der Waals surface area contributed by atoms with E-state index in [2.05, 4.69) is 15.7 Å². The molecule has 0 bridgehead atoms. The molecule has 1 aliphatic heterocycles. The third-order valence-electron chi connectivity index (χ3n) is 2.88. The van der Waals surface area contributed by atoms with Gasteiger partial charge >= 0.3 is 12.0 Å². The van der Waals surface area contributed by atoms with E-state index in [1.165, 1.54) is 17.1 Å². The van der Waals surface area contributed by atoms with Crippen LogP contribution in [0.4, 0.5) is 10.5 Å². The first kappa shape index (κ1) is 13.3. The first-order chi connectivity index (χ1) is 9.04. The molecule has 0 radical (unpaired) electrons. The van der Waals surface area contributed by atoms with Gasteiger partial charge in [0.2, 0.25) is 0 Å². The summed E-state index contributed by atoms with van der Waals surface area (Å²) in [6, 6.07) is -0.355. The Balaban J connectivity index is 1.84. The second-order valence-electron chi connectivity index (χ2n) is 4.39. The fourth-order valence-electron chi connectivity index (χ4n) is 1.91. The van der Waals surface area contributed by atoms with Crippen molar-refractivity contribution in [1.29, 1.82) is 0 Å². The van der Waals surface area contributed by atoms with Crippen LogP contribution in [-0.4, -0.2) is 45.6 Å². The Labute approximate surface area is 109 Å². The lowest BCUT2D eigenvalue weighted by Gasteiger charge is -2.15. The number of amides is 2. The number of carboxylic acid groups (broad SMARTS) is 1. The van der Waals surface area contributed by atoms with Gasteiger partial charge in [-0.15, -0.1) is 0 Å². The zero-order chi connectivity index (χ0) is 13.8. The highest BCUT2D eigenvalue weighted by molar-refractivity contribution is 5.89. The molecule has 2 atom stereocenters. The van der Waals surface area contributed by atoms with Crippen molar-refractivity contribution in [3.8, 4) is 0 Å². The number of nitrogens with zero attached hydrogens (tertiary/aromatic N) is 2. The van der Waals surface area contributed by atoms with Crippen LogP contribution in [0.3, 0.4) is 0 Å². The maximum absolute atomic E-state index is 11.7. The second-order valence-corrected chi connectivity index (χ2v) is 4.39. The normalized spacial score (nSPS) is 22.2. The SMILES string of the molecule is CC1OCCC1NC(=O)Nc1cnn(CC(=O)O)c1. The summed E-state index contributed by atoms with van der Waals surface area (Å²) in [4.78, 5) is 22.2. The lowest BCUT2D eigenvalue weighted by Crippen LogP contribution is -2.41. The minimum absolute atomic E-state index is 0.000448. The van der Waals surface area contributed by atoms with Crippen LogP contribution in [0.25, 0.3) is 0 Å². The van der Waals surface area contributed by atoms with E-state index in [9.17, 15) is 9.59 Å². The van der Waals surface area contributed by atoms with E-state index < -0.39 is 5.97 Å². The zero-order valence-electron chi connectivity index (χ0n) is 10.5. The summed E-state index contributed by atoms with van der Waals surface area (Å²) < 4.78 is 6.58. The highest BCUT2D eigenvalue weighted by atomic mass is 16.5. The standard InChI is InChI=1S/C11H16N4O4/c1-7-9(2-3-19-7)14-11(18)13-8-4-12-15(5-8)6-10(16)17/h4-5,7,9H,2-3,6H2,1H3,(H,16,17)(H2,13,14,18). The van der Waals surface area contributed by atoms with Crippen molar-refractivity contribution in [3.05, 3.63) is 12.4 Å². The van der Waals surface area contributed by atoms with Crippen molar-refractivity contribution >= 4 is 17.7 Å². The Morgan fingerprint density at radius 2 is 2.42 bits per heavy atom. The van der Waals surface area contributed by atoms with Gasteiger partial charge in [0.1, 0.15) is 6.54 Å². The van der Waals surface area contributed by atoms with E-state index in [1.54, 1.807) is 0 Å². The topological polar surface area (TPSA) is 105 Å². The van der Waals surface area contributed by atoms with E-state index in [-0.39, 0.29) is 24.7 Å². The Morgan fingerprint density at radius 3 is 3.05 bits per heavy atom. The van der Waals surface area contributed by atoms with Crippen molar-refractivity contribution in [3.63, 3.8) is 0 Å². The molecule has 1 aliphatic rings. The van der Waals surface area contributed by atoms with Gasteiger partial charge in [0.05, 0.1) is 24.0 Å². The third kappa shape index (κ3) is 3.68. The molecule has 0 saturated carbocycles. The summed E-state index contributed by atoms with van der Waals surface area (Å²) in [6.07, 6.45) is 3.65. The zero-order valence-corrected chi connectivity index (χ0v) is 10.5. The quantitative estimate of drug-likeness (QED) is 0.726. The summed E-state index contributed by atoms with van der Waals surface area (Å²) in [5, 5.41) is 17.8. The maximum atomic E-state index is 11.7. The Bertz CT molecular complexity index is 473. The van der Waals surface area contributed by atoms with Crippen molar-refractivity contribution in [2.24, 2.45) is 0 Å². The van der Waals surface area contributed by atoms with Gasteiger partial charge in [-0.2, -0.15) is 5.10 Å². The summed E-state index contributed by atoms with van der Waals surface area (Å²) in [7, 11) is 0. The number of aromatic nitrogens is 2. The van der Waals surface area contributed by atoms with Crippen LogP contribution in [0.5, 0.6) is 0 Å². The number of aliphatic carboxylic acids is 1. The molecule has 19 heavy (non-hydrogen) atoms. The van der Waals surface area contributed by atoms with Crippen molar-refractivity contribution in [2.45, 2.75) is 32.0 Å². The first-order valence-electron chi connectivity index (χ1n) is 5.98. The Kier molecular flexibility index (Phi) is 4.00. The van der Waals surface area contributed by atoms with Gasteiger partial charge in [0.15, 0.2) is 0 Å². The summed E-state index contributed by atoms with van der Waals surface area (Å²) in [5.74, 6) is -0.990. The largest absolute Gasteiger partial charge is 0.480 e. The number of carboxylic acids is 1. The lowest BCUT2D eigenvalue weighted by atomic mass is 10.2. The minimum Gasteiger partial charge on any atom is -0.480 e. The number of urea groups is 1. The molecule has 0 aliphatic carbocycles. The van der Waals surface area contributed by atoms with Crippen LogP contribution in [0, 0.1) is 0 Å². The molecule has 3 N–H and O–H groups in total.